The molecule has 0 N–H and O–H groups in total. The summed E-state index contributed by atoms with van der Waals surface area (Å²) in [5, 5.41) is 3.89. The SMILES string of the molecule is CCCc1noc(COc2ccc(C)cc2C)n1. The van der Waals surface area contributed by atoms with E-state index in [0.717, 1.165) is 30.0 Å². The van der Waals surface area contributed by atoms with Gasteiger partial charge in [-0.1, -0.05) is 29.8 Å². The quantitative estimate of drug-likeness (QED) is 0.812. The zero-order valence-electron chi connectivity index (χ0n) is 11.1. The van der Waals surface area contributed by atoms with Crippen molar-refractivity contribution >= 4 is 0 Å². The molecule has 0 atom stereocenters. The Kier molecular flexibility index (Phi) is 3.97. The van der Waals surface area contributed by atoms with Crippen LogP contribution < -0.4 is 4.74 Å². The summed E-state index contributed by atoms with van der Waals surface area (Å²) in [6, 6.07) is 6.08. The maximum absolute atomic E-state index is 5.67. The van der Waals surface area contributed by atoms with Crippen molar-refractivity contribution in [3.63, 3.8) is 0 Å². The lowest BCUT2D eigenvalue weighted by molar-refractivity contribution is 0.241. The van der Waals surface area contributed by atoms with Gasteiger partial charge in [0.15, 0.2) is 12.4 Å². The van der Waals surface area contributed by atoms with E-state index in [1.54, 1.807) is 0 Å². The summed E-state index contributed by atoms with van der Waals surface area (Å²) in [6.07, 6.45) is 1.85. The van der Waals surface area contributed by atoms with Crippen molar-refractivity contribution in [2.75, 3.05) is 0 Å². The molecule has 4 nitrogen and oxygen atoms in total. The molecule has 2 aromatic rings. The zero-order chi connectivity index (χ0) is 13.0. The molecular weight excluding hydrogens is 228 g/mol. The molecule has 0 aliphatic rings. The second-order valence-corrected chi connectivity index (χ2v) is 4.41. The summed E-state index contributed by atoms with van der Waals surface area (Å²) in [4.78, 5) is 4.26. The first kappa shape index (κ1) is 12.6. The smallest absolute Gasteiger partial charge is 0.264 e. The van der Waals surface area contributed by atoms with E-state index < -0.39 is 0 Å². The minimum Gasteiger partial charge on any atom is -0.483 e. The van der Waals surface area contributed by atoms with Crippen LogP contribution in [0, 0.1) is 13.8 Å². The lowest BCUT2D eigenvalue weighted by Crippen LogP contribution is -1.98. The van der Waals surface area contributed by atoms with E-state index in [4.69, 9.17) is 9.26 Å². The Morgan fingerprint density at radius 1 is 1.28 bits per heavy atom. The monoisotopic (exact) mass is 246 g/mol. The van der Waals surface area contributed by atoms with Crippen molar-refractivity contribution in [2.45, 2.75) is 40.2 Å². The molecule has 0 fully saturated rings. The van der Waals surface area contributed by atoms with E-state index in [2.05, 4.69) is 30.1 Å². The lowest BCUT2D eigenvalue weighted by Gasteiger charge is -2.07. The number of hydrogen-bond donors (Lipinski definition) is 0. The van der Waals surface area contributed by atoms with Gasteiger partial charge in [0, 0.05) is 6.42 Å². The largest absolute Gasteiger partial charge is 0.483 e. The Morgan fingerprint density at radius 3 is 2.83 bits per heavy atom. The highest BCUT2D eigenvalue weighted by Crippen LogP contribution is 2.19. The van der Waals surface area contributed by atoms with Gasteiger partial charge in [-0.2, -0.15) is 4.98 Å². The number of rotatable bonds is 5. The van der Waals surface area contributed by atoms with Crippen molar-refractivity contribution in [3.05, 3.63) is 41.0 Å². The third kappa shape index (κ3) is 3.09. The van der Waals surface area contributed by atoms with Gasteiger partial charge in [0.2, 0.25) is 0 Å². The van der Waals surface area contributed by atoms with Gasteiger partial charge in [0.25, 0.3) is 5.89 Å². The zero-order valence-corrected chi connectivity index (χ0v) is 11.1. The third-order valence-electron chi connectivity index (χ3n) is 2.67. The summed E-state index contributed by atoms with van der Waals surface area (Å²) in [5.74, 6) is 2.13. The van der Waals surface area contributed by atoms with Gasteiger partial charge in [-0.25, -0.2) is 0 Å². The minimum absolute atomic E-state index is 0.320. The highest BCUT2D eigenvalue weighted by molar-refractivity contribution is 5.35. The van der Waals surface area contributed by atoms with E-state index in [9.17, 15) is 0 Å². The predicted octanol–water partition coefficient (Wildman–Crippen LogP) is 3.22. The Labute approximate surface area is 107 Å². The Hall–Kier alpha value is -1.84. The van der Waals surface area contributed by atoms with Crippen LogP contribution in [0.3, 0.4) is 0 Å². The highest BCUT2D eigenvalue weighted by atomic mass is 16.5. The topological polar surface area (TPSA) is 48.2 Å². The number of aryl methyl sites for hydroxylation is 3. The second-order valence-electron chi connectivity index (χ2n) is 4.41. The van der Waals surface area contributed by atoms with Crippen LogP contribution in [0.1, 0.15) is 36.2 Å². The molecule has 0 spiro atoms. The number of benzene rings is 1. The lowest BCUT2D eigenvalue weighted by atomic mass is 10.1. The average molecular weight is 246 g/mol. The molecule has 0 aliphatic heterocycles. The third-order valence-corrected chi connectivity index (χ3v) is 2.67. The van der Waals surface area contributed by atoms with E-state index in [0.29, 0.717) is 12.5 Å². The molecule has 0 unspecified atom stereocenters. The fourth-order valence-corrected chi connectivity index (χ4v) is 1.77. The molecule has 96 valence electrons. The molecular formula is C14H18N2O2. The molecule has 0 bridgehead atoms. The van der Waals surface area contributed by atoms with Gasteiger partial charge in [-0.05, 0) is 31.9 Å². The van der Waals surface area contributed by atoms with Crippen molar-refractivity contribution in [3.8, 4) is 5.75 Å². The van der Waals surface area contributed by atoms with Crippen LogP contribution in [-0.2, 0) is 13.0 Å². The van der Waals surface area contributed by atoms with Crippen molar-refractivity contribution in [1.82, 2.24) is 10.1 Å². The van der Waals surface area contributed by atoms with Crippen molar-refractivity contribution < 1.29 is 9.26 Å². The molecule has 0 amide bonds. The fraction of sp³-hybridized carbons (Fsp3) is 0.429. The standard InChI is InChI=1S/C14H18N2O2/c1-4-5-13-15-14(18-16-13)9-17-12-7-6-10(2)8-11(12)3/h6-8H,4-5,9H2,1-3H3. The van der Waals surface area contributed by atoms with Crippen molar-refractivity contribution in [1.29, 1.82) is 0 Å². The summed E-state index contributed by atoms with van der Waals surface area (Å²) in [6.45, 7) is 6.49. The van der Waals surface area contributed by atoms with Crippen LogP contribution in [0.15, 0.2) is 22.7 Å². The van der Waals surface area contributed by atoms with Gasteiger partial charge >= 0.3 is 0 Å². The van der Waals surface area contributed by atoms with E-state index in [1.165, 1.54) is 5.56 Å². The molecule has 1 aromatic heterocycles. The summed E-state index contributed by atoms with van der Waals surface area (Å²) in [7, 11) is 0. The number of aromatic nitrogens is 2. The Morgan fingerprint density at radius 2 is 2.11 bits per heavy atom. The molecule has 0 saturated carbocycles. The summed E-state index contributed by atoms with van der Waals surface area (Å²) in [5.41, 5.74) is 2.34. The predicted molar refractivity (Wildman–Crippen MR) is 68.5 cm³/mol. The first-order chi connectivity index (χ1) is 8.69. The van der Waals surface area contributed by atoms with Crippen LogP contribution in [0.2, 0.25) is 0 Å². The maximum atomic E-state index is 5.67. The van der Waals surface area contributed by atoms with Gasteiger partial charge in [0.05, 0.1) is 0 Å². The van der Waals surface area contributed by atoms with Crippen LogP contribution >= 0.6 is 0 Å². The molecule has 1 heterocycles. The summed E-state index contributed by atoms with van der Waals surface area (Å²) >= 11 is 0. The van der Waals surface area contributed by atoms with Crippen molar-refractivity contribution in [2.24, 2.45) is 0 Å². The molecule has 2 rings (SSSR count). The first-order valence-corrected chi connectivity index (χ1v) is 6.20. The molecule has 4 heteroatoms. The first-order valence-electron chi connectivity index (χ1n) is 6.20. The maximum Gasteiger partial charge on any atom is 0.264 e. The molecule has 1 aromatic carbocycles. The molecule has 0 radical (unpaired) electrons. The number of nitrogens with zero attached hydrogens (tertiary/aromatic N) is 2. The fourth-order valence-electron chi connectivity index (χ4n) is 1.77. The van der Waals surface area contributed by atoms with Crippen LogP contribution in [0.5, 0.6) is 5.75 Å². The van der Waals surface area contributed by atoms with Crippen LogP contribution in [-0.4, -0.2) is 10.1 Å². The van der Waals surface area contributed by atoms with E-state index in [1.807, 2.05) is 19.1 Å². The minimum atomic E-state index is 0.320. The van der Waals surface area contributed by atoms with Gasteiger partial charge in [-0.15, -0.1) is 0 Å². The van der Waals surface area contributed by atoms with Gasteiger partial charge in [-0.3, -0.25) is 0 Å². The number of hydrogen-bond acceptors (Lipinski definition) is 4. The van der Waals surface area contributed by atoms with E-state index >= 15 is 0 Å². The summed E-state index contributed by atoms with van der Waals surface area (Å²) < 4.78 is 10.8. The second kappa shape index (κ2) is 5.67. The molecule has 18 heavy (non-hydrogen) atoms. The van der Waals surface area contributed by atoms with E-state index in [-0.39, 0.29) is 0 Å². The molecule has 0 aliphatic carbocycles. The Bertz CT molecular complexity index is 520. The van der Waals surface area contributed by atoms with Crippen LogP contribution in [0.25, 0.3) is 0 Å². The van der Waals surface area contributed by atoms with Gasteiger partial charge in [0.1, 0.15) is 5.75 Å². The van der Waals surface area contributed by atoms with Crippen LogP contribution in [0.4, 0.5) is 0 Å². The van der Waals surface area contributed by atoms with Gasteiger partial charge < -0.3 is 9.26 Å². The average Bonchev–Trinajstić information content (AvgIpc) is 2.76. The normalized spacial score (nSPS) is 10.6. The highest BCUT2D eigenvalue weighted by Gasteiger charge is 2.07. The molecule has 0 saturated heterocycles. The Balaban J connectivity index is 1.97. The number of ether oxygens (including phenoxy) is 1.